The molecule has 4 N–H and O–H groups in total. The number of ether oxygens (including phenoxy) is 1. The van der Waals surface area contributed by atoms with Crippen molar-refractivity contribution >= 4 is 43.8 Å². The third-order valence-electron chi connectivity index (χ3n) is 5.02. The van der Waals surface area contributed by atoms with E-state index in [2.05, 4.69) is 15.0 Å². The second-order valence-corrected chi connectivity index (χ2v) is 8.93. The molecule has 4 aromatic carbocycles. The van der Waals surface area contributed by atoms with Crippen molar-refractivity contribution in [1.82, 2.24) is 0 Å². The number of fused-ring (bicyclic) bond motifs is 1. The van der Waals surface area contributed by atoms with E-state index in [0.717, 1.165) is 0 Å². The number of hydrogen-bond donors (Lipinski definition) is 3. The zero-order chi connectivity index (χ0) is 24.3. The first-order valence-electron chi connectivity index (χ1n) is 10.0. The summed E-state index contributed by atoms with van der Waals surface area (Å²) in [5.74, 6) is -0.368. The number of rotatable bonds is 6. The standard InChI is InChI=1S/C24H20N4O5S/c1-33-17-10-12-18(13-11-17)34(31,32)28-21-14-22(23(29)20-5-3-2-4-19(20)21)26-27-24(30)15-6-8-16(25)9-7-15/h2-14,28-29H,25H2,1H3. The average molecular weight is 477 g/mol. The van der Waals surface area contributed by atoms with Gasteiger partial charge in [0.25, 0.3) is 15.9 Å². The van der Waals surface area contributed by atoms with E-state index in [-0.39, 0.29) is 27.6 Å². The number of benzene rings is 4. The van der Waals surface area contributed by atoms with Crippen molar-refractivity contribution in [3.05, 3.63) is 84.4 Å². The first kappa shape index (κ1) is 22.7. The summed E-state index contributed by atoms with van der Waals surface area (Å²) in [4.78, 5) is 12.4. The Kier molecular flexibility index (Phi) is 6.15. The van der Waals surface area contributed by atoms with Crippen LogP contribution in [0, 0.1) is 0 Å². The Morgan fingerprint density at radius 2 is 1.62 bits per heavy atom. The quantitative estimate of drug-likeness (QED) is 0.206. The lowest BCUT2D eigenvalue weighted by Crippen LogP contribution is -2.13. The van der Waals surface area contributed by atoms with Crippen LogP contribution in [0.5, 0.6) is 11.5 Å². The molecule has 0 aliphatic rings. The highest BCUT2D eigenvalue weighted by atomic mass is 32.2. The Morgan fingerprint density at radius 3 is 2.26 bits per heavy atom. The molecule has 4 aromatic rings. The number of phenolic OH excluding ortho intramolecular Hbond substituents is 1. The number of sulfonamides is 1. The van der Waals surface area contributed by atoms with Crippen LogP contribution in [0.4, 0.5) is 17.1 Å². The Labute approximate surface area is 195 Å². The van der Waals surface area contributed by atoms with Gasteiger partial charge in [0.2, 0.25) is 0 Å². The van der Waals surface area contributed by atoms with Gasteiger partial charge in [-0.1, -0.05) is 24.3 Å². The van der Waals surface area contributed by atoms with Crippen LogP contribution >= 0.6 is 0 Å². The van der Waals surface area contributed by atoms with E-state index in [1.165, 1.54) is 49.6 Å². The molecule has 0 saturated carbocycles. The predicted octanol–water partition coefficient (Wildman–Crippen LogP) is 4.86. The Morgan fingerprint density at radius 1 is 0.971 bits per heavy atom. The van der Waals surface area contributed by atoms with Gasteiger partial charge >= 0.3 is 0 Å². The van der Waals surface area contributed by atoms with E-state index in [1.54, 1.807) is 36.4 Å². The van der Waals surface area contributed by atoms with Crippen molar-refractivity contribution in [3.63, 3.8) is 0 Å². The molecule has 0 aromatic heterocycles. The van der Waals surface area contributed by atoms with Gasteiger partial charge < -0.3 is 15.6 Å². The normalized spacial score (nSPS) is 11.6. The van der Waals surface area contributed by atoms with Gasteiger partial charge in [-0.15, -0.1) is 10.2 Å². The zero-order valence-electron chi connectivity index (χ0n) is 18.0. The zero-order valence-corrected chi connectivity index (χ0v) is 18.8. The van der Waals surface area contributed by atoms with Crippen LogP contribution < -0.4 is 15.2 Å². The maximum Gasteiger partial charge on any atom is 0.295 e. The smallest absolute Gasteiger partial charge is 0.295 e. The van der Waals surface area contributed by atoms with Crippen molar-refractivity contribution in [2.45, 2.75) is 4.90 Å². The van der Waals surface area contributed by atoms with E-state index >= 15 is 0 Å². The molecule has 0 atom stereocenters. The SMILES string of the molecule is COc1ccc(S(=O)(=O)Nc2cc(N=NC(=O)c3ccc(N)cc3)c(O)c3ccccc23)cc1. The summed E-state index contributed by atoms with van der Waals surface area (Å²) >= 11 is 0. The fourth-order valence-electron chi connectivity index (χ4n) is 3.25. The number of amides is 1. The number of azo groups is 1. The Balaban J connectivity index is 1.73. The molecular weight excluding hydrogens is 456 g/mol. The van der Waals surface area contributed by atoms with E-state index in [4.69, 9.17) is 10.5 Å². The number of anilines is 2. The molecule has 0 aliphatic heterocycles. The summed E-state index contributed by atoms with van der Waals surface area (Å²) in [5, 5.41) is 19.0. The summed E-state index contributed by atoms with van der Waals surface area (Å²) in [5.41, 5.74) is 6.48. The minimum Gasteiger partial charge on any atom is -0.505 e. The van der Waals surface area contributed by atoms with Crippen LogP contribution in [-0.4, -0.2) is 26.5 Å². The van der Waals surface area contributed by atoms with Gasteiger partial charge in [-0.25, -0.2) is 8.42 Å². The van der Waals surface area contributed by atoms with Crippen LogP contribution in [0.3, 0.4) is 0 Å². The Bertz CT molecular complexity index is 1500. The fraction of sp³-hybridized carbons (Fsp3) is 0.0417. The van der Waals surface area contributed by atoms with Crippen LogP contribution in [0.15, 0.2) is 94.0 Å². The van der Waals surface area contributed by atoms with E-state index < -0.39 is 15.9 Å². The van der Waals surface area contributed by atoms with Crippen molar-refractivity contribution < 1.29 is 23.1 Å². The number of nitrogens with two attached hydrogens (primary N) is 1. The molecule has 0 saturated heterocycles. The number of carbonyl (C=O) groups is 1. The number of nitrogens with one attached hydrogen (secondary N) is 1. The van der Waals surface area contributed by atoms with Gasteiger partial charge in [0.1, 0.15) is 11.4 Å². The lowest BCUT2D eigenvalue weighted by molar-refractivity contribution is 0.0995. The maximum atomic E-state index is 13.0. The molecule has 34 heavy (non-hydrogen) atoms. The van der Waals surface area contributed by atoms with Crippen molar-refractivity contribution in [3.8, 4) is 11.5 Å². The molecule has 0 aliphatic carbocycles. The molecule has 0 bridgehead atoms. The van der Waals surface area contributed by atoms with Gasteiger partial charge in [0, 0.05) is 22.0 Å². The largest absolute Gasteiger partial charge is 0.505 e. The molecule has 4 rings (SSSR count). The minimum atomic E-state index is -3.98. The summed E-state index contributed by atoms with van der Waals surface area (Å²) < 4.78 is 33.6. The monoisotopic (exact) mass is 476 g/mol. The first-order valence-corrected chi connectivity index (χ1v) is 11.5. The molecule has 0 unspecified atom stereocenters. The van der Waals surface area contributed by atoms with Crippen molar-refractivity contribution in [2.24, 2.45) is 10.2 Å². The maximum absolute atomic E-state index is 13.0. The number of nitrogen functional groups attached to an aromatic ring is 1. The van der Waals surface area contributed by atoms with Crippen LogP contribution in [0.2, 0.25) is 0 Å². The summed E-state index contributed by atoms with van der Waals surface area (Å²) in [6.45, 7) is 0. The second kappa shape index (κ2) is 9.20. The van der Waals surface area contributed by atoms with Crippen molar-refractivity contribution in [2.75, 3.05) is 17.6 Å². The summed E-state index contributed by atoms with van der Waals surface area (Å²) in [7, 11) is -2.49. The minimum absolute atomic E-state index is 0.0205. The van der Waals surface area contributed by atoms with E-state index in [1.807, 2.05) is 0 Å². The van der Waals surface area contributed by atoms with Gasteiger partial charge in [-0.2, -0.15) is 0 Å². The summed E-state index contributed by atoms with van der Waals surface area (Å²) in [6.07, 6.45) is 0. The van der Waals surface area contributed by atoms with Gasteiger partial charge in [0.05, 0.1) is 17.7 Å². The van der Waals surface area contributed by atoms with E-state index in [9.17, 15) is 18.3 Å². The number of phenols is 1. The topological polar surface area (TPSA) is 143 Å². The second-order valence-electron chi connectivity index (χ2n) is 7.25. The predicted molar refractivity (Wildman–Crippen MR) is 129 cm³/mol. The first-order chi connectivity index (χ1) is 16.3. The number of aromatic hydroxyl groups is 1. The third kappa shape index (κ3) is 4.66. The lowest BCUT2D eigenvalue weighted by atomic mass is 10.1. The fourth-order valence-corrected chi connectivity index (χ4v) is 4.32. The Hall–Kier alpha value is -4.44. The molecule has 1 amide bonds. The molecule has 0 spiro atoms. The average Bonchev–Trinajstić information content (AvgIpc) is 2.85. The number of nitrogens with zero attached hydrogens (tertiary/aromatic N) is 2. The van der Waals surface area contributed by atoms with Crippen LogP contribution in [0.1, 0.15) is 10.4 Å². The lowest BCUT2D eigenvalue weighted by Gasteiger charge is -2.13. The number of carbonyl (C=O) groups excluding carboxylic acids is 1. The number of methoxy groups -OCH3 is 1. The molecular formula is C24H20N4O5S. The van der Waals surface area contributed by atoms with Gasteiger partial charge in [-0.05, 0) is 54.6 Å². The summed E-state index contributed by atoms with van der Waals surface area (Å²) in [6, 6.07) is 20.0. The molecule has 10 heteroatoms. The molecule has 9 nitrogen and oxygen atoms in total. The molecule has 172 valence electrons. The molecule has 0 radical (unpaired) electrons. The highest BCUT2D eigenvalue weighted by Crippen LogP contribution is 2.40. The highest BCUT2D eigenvalue weighted by molar-refractivity contribution is 7.92. The van der Waals surface area contributed by atoms with Crippen LogP contribution in [0.25, 0.3) is 10.8 Å². The third-order valence-corrected chi connectivity index (χ3v) is 6.40. The van der Waals surface area contributed by atoms with Gasteiger partial charge in [-0.3, -0.25) is 9.52 Å². The highest BCUT2D eigenvalue weighted by Gasteiger charge is 2.19. The molecule has 0 heterocycles. The van der Waals surface area contributed by atoms with Gasteiger partial charge in [0.15, 0.2) is 5.75 Å². The van der Waals surface area contributed by atoms with Crippen LogP contribution in [-0.2, 0) is 10.0 Å². The molecule has 0 fully saturated rings. The van der Waals surface area contributed by atoms with E-state index in [0.29, 0.717) is 22.2 Å². The van der Waals surface area contributed by atoms with Crippen molar-refractivity contribution in [1.29, 1.82) is 0 Å². The number of hydrogen-bond acceptors (Lipinski definition) is 7.